The van der Waals surface area contributed by atoms with Crippen molar-refractivity contribution in [2.45, 2.75) is 32.5 Å². The molecule has 0 spiro atoms. The van der Waals surface area contributed by atoms with Crippen LogP contribution in [0.2, 0.25) is 0 Å². The van der Waals surface area contributed by atoms with Crippen molar-refractivity contribution in [3.8, 4) is 0 Å². The molecule has 0 aliphatic carbocycles. The van der Waals surface area contributed by atoms with Crippen molar-refractivity contribution in [2.24, 2.45) is 5.41 Å². The van der Waals surface area contributed by atoms with E-state index in [1.807, 2.05) is 6.92 Å². The number of aryl methyl sites for hydroxylation is 1. The van der Waals surface area contributed by atoms with Gasteiger partial charge in [0.1, 0.15) is 5.01 Å². The Morgan fingerprint density at radius 2 is 2.08 bits per heavy atom. The zero-order valence-corrected chi connectivity index (χ0v) is 10.3. The summed E-state index contributed by atoms with van der Waals surface area (Å²) in [5.74, 6) is 0. The van der Waals surface area contributed by atoms with Crippen molar-refractivity contribution < 1.29 is 0 Å². The van der Waals surface area contributed by atoms with E-state index in [1.165, 1.54) is 5.01 Å². The van der Waals surface area contributed by atoms with Crippen molar-refractivity contribution in [2.75, 3.05) is 0 Å². The molecule has 0 bridgehead atoms. The van der Waals surface area contributed by atoms with Crippen LogP contribution in [0.1, 0.15) is 36.3 Å². The number of nitrogens with zero attached hydrogens (tertiary/aromatic N) is 1. The third kappa shape index (κ3) is 2.30. The van der Waals surface area contributed by atoms with E-state index in [1.54, 1.807) is 11.3 Å². The summed E-state index contributed by atoms with van der Waals surface area (Å²) in [4.78, 5) is 4.81. The molecule has 1 heterocycles. The lowest BCUT2D eigenvalue weighted by atomic mass is 9.93. The number of hydrogen-bond donors (Lipinski definition) is 0. The van der Waals surface area contributed by atoms with Crippen molar-refractivity contribution in [1.82, 2.24) is 4.98 Å². The molecule has 0 aliphatic heterocycles. The molecule has 0 amide bonds. The summed E-state index contributed by atoms with van der Waals surface area (Å²) in [6, 6.07) is 0. The molecule has 0 saturated carbocycles. The highest BCUT2D eigenvalue weighted by atomic mass is 79.9. The van der Waals surface area contributed by atoms with Crippen molar-refractivity contribution >= 4 is 27.3 Å². The molecule has 0 saturated heterocycles. The van der Waals surface area contributed by atoms with Gasteiger partial charge in [-0.3, -0.25) is 0 Å². The lowest BCUT2D eigenvalue weighted by Gasteiger charge is -2.23. The van der Waals surface area contributed by atoms with Crippen molar-refractivity contribution in [3.05, 3.63) is 16.1 Å². The molecule has 1 unspecified atom stereocenters. The predicted molar refractivity (Wildman–Crippen MR) is 58.0 cm³/mol. The Kier molecular flexibility index (Phi) is 2.94. The highest BCUT2D eigenvalue weighted by molar-refractivity contribution is 9.09. The first-order chi connectivity index (χ1) is 5.41. The third-order valence-corrected chi connectivity index (χ3v) is 4.75. The van der Waals surface area contributed by atoms with E-state index in [0.717, 1.165) is 5.69 Å². The summed E-state index contributed by atoms with van der Waals surface area (Å²) in [6.07, 6.45) is 0. The molecule has 12 heavy (non-hydrogen) atoms. The second kappa shape index (κ2) is 3.46. The molecule has 0 N–H and O–H groups in total. The van der Waals surface area contributed by atoms with Crippen LogP contribution in [0.25, 0.3) is 0 Å². The lowest BCUT2D eigenvalue weighted by molar-refractivity contribution is 0.406. The maximum Gasteiger partial charge on any atom is 0.107 e. The molecule has 1 nitrogen and oxygen atoms in total. The number of halogens is 1. The monoisotopic (exact) mass is 247 g/mol. The normalized spacial score (nSPS) is 14.8. The number of thiazole rings is 1. The molecule has 0 fully saturated rings. The van der Waals surface area contributed by atoms with E-state index >= 15 is 0 Å². The molecule has 1 rings (SSSR count). The van der Waals surface area contributed by atoms with Gasteiger partial charge in [0.15, 0.2) is 0 Å². The second-order valence-electron chi connectivity index (χ2n) is 4.06. The van der Waals surface area contributed by atoms with Crippen LogP contribution in [0.15, 0.2) is 5.38 Å². The fourth-order valence-corrected chi connectivity index (χ4v) is 2.30. The molecular weight excluding hydrogens is 234 g/mol. The average Bonchev–Trinajstić information content (AvgIpc) is 2.32. The standard InChI is InChI=1S/C9H14BrNS/c1-6-5-12-8(11-6)7(10)9(2,3)4/h5,7H,1-4H3. The number of hydrogen-bond acceptors (Lipinski definition) is 2. The molecule has 0 aliphatic rings. The minimum atomic E-state index is 0.240. The summed E-state index contributed by atoms with van der Waals surface area (Å²) in [5, 5.41) is 3.27. The minimum Gasteiger partial charge on any atom is -0.245 e. The van der Waals surface area contributed by atoms with Crippen LogP contribution in [0, 0.1) is 12.3 Å². The van der Waals surface area contributed by atoms with Gasteiger partial charge in [0.2, 0.25) is 0 Å². The fourth-order valence-electron chi connectivity index (χ4n) is 0.859. The first-order valence-electron chi connectivity index (χ1n) is 3.97. The highest BCUT2D eigenvalue weighted by Crippen LogP contribution is 2.40. The van der Waals surface area contributed by atoms with Gasteiger partial charge in [0.05, 0.1) is 4.83 Å². The summed E-state index contributed by atoms with van der Waals surface area (Å²) >= 11 is 5.39. The number of alkyl halides is 1. The Balaban J connectivity index is 2.85. The van der Waals surface area contributed by atoms with Crippen LogP contribution in [0.5, 0.6) is 0 Å². The molecule has 0 aromatic carbocycles. The van der Waals surface area contributed by atoms with Crippen LogP contribution in [0.3, 0.4) is 0 Å². The van der Waals surface area contributed by atoms with Gasteiger partial charge in [0.25, 0.3) is 0 Å². The second-order valence-corrected chi connectivity index (χ2v) is 5.86. The zero-order chi connectivity index (χ0) is 9.35. The zero-order valence-electron chi connectivity index (χ0n) is 7.89. The van der Waals surface area contributed by atoms with Crippen molar-refractivity contribution in [1.29, 1.82) is 0 Å². The Morgan fingerprint density at radius 1 is 1.50 bits per heavy atom. The third-order valence-electron chi connectivity index (χ3n) is 1.61. The Hall–Kier alpha value is 0.110. The largest absolute Gasteiger partial charge is 0.245 e. The summed E-state index contributed by atoms with van der Waals surface area (Å²) in [7, 11) is 0. The maximum atomic E-state index is 4.45. The quantitative estimate of drug-likeness (QED) is 0.686. The van der Waals surface area contributed by atoms with Gasteiger partial charge in [-0.15, -0.1) is 11.3 Å². The predicted octanol–water partition coefficient (Wildman–Crippen LogP) is 3.93. The fraction of sp³-hybridized carbons (Fsp3) is 0.667. The van der Waals surface area contributed by atoms with E-state index < -0.39 is 0 Å². The van der Waals surface area contributed by atoms with Gasteiger partial charge in [-0.05, 0) is 12.3 Å². The van der Waals surface area contributed by atoms with E-state index in [-0.39, 0.29) is 5.41 Å². The van der Waals surface area contributed by atoms with Gasteiger partial charge in [-0.2, -0.15) is 0 Å². The summed E-state index contributed by atoms with van der Waals surface area (Å²) in [6.45, 7) is 8.66. The molecular formula is C9H14BrNS. The van der Waals surface area contributed by atoms with Crippen LogP contribution in [-0.2, 0) is 0 Å². The van der Waals surface area contributed by atoms with Crippen LogP contribution in [-0.4, -0.2) is 4.98 Å². The van der Waals surface area contributed by atoms with Gasteiger partial charge >= 0.3 is 0 Å². The van der Waals surface area contributed by atoms with E-state index in [0.29, 0.717) is 4.83 Å². The first kappa shape index (κ1) is 10.2. The van der Waals surface area contributed by atoms with Crippen LogP contribution < -0.4 is 0 Å². The molecule has 1 aromatic heterocycles. The van der Waals surface area contributed by atoms with Crippen LogP contribution in [0.4, 0.5) is 0 Å². The van der Waals surface area contributed by atoms with Crippen LogP contribution >= 0.6 is 27.3 Å². The SMILES string of the molecule is Cc1csc(C(Br)C(C)(C)C)n1. The highest BCUT2D eigenvalue weighted by Gasteiger charge is 2.25. The topological polar surface area (TPSA) is 12.9 Å². The summed E-state index contributed by atoms with van der Waals surface area (Å²) < 4.78 is 0. The number of rotatable bonds is 1. The van der Waals surface area contributed by atoms with Crippen molar-refractivity contribution in [3.63, 3.8) is 0 Å². The van der Waals surface area contributed by atoms with E-state index in [2.05, 4.69) is 47.1 Å². The van der Waals surface area contributed by atoms with E-state index in [4.69, 9.17) is 0 Å². The smallest absolute Gasteiger partial charge is 0.107 e. The van der Waals surface area contributed by atoms with Gasteiger partial charge < -0.3 is 0 Å². The Labute approximate surface area is 86.3 Å². The maximum absolute atomic E-state index is 4.45. The molecule has 1 aromatic rings. The molecule has 68 valence electrons. The minimum absolute atomic E-state index is 0.240. The summed E-state index contributed by atoms with van der Waals surface area (Å²) in [5.41, 5.74) is 1.35. The number of aromatic nitrogens is 1. The van der Waals surface area contributed by atoms with Gasteiger partial charge in [-0.25, -0.2) is 4.98 Å². The molecule has 3 heteroatoms. The average molecular weight is 248 g/mol. The molecule has 1 atom stereocenters. The molecule has 0 radical (unpaired) electrons. The lowest BCUT2D eigenvalue weighted by Crippen LogP contribution is -2.12. The van der Waals surface area contributed by atoms with Gasteiger partial charge in [0, 0.05) is 11.1 Å². The van der Waals surface area contributed by atoms with Gasteiger partial charge in [-0.1, -0.05) is 36.7 Å². The first-order valence-corrected chi connectivity index (χ1v) is 5.77. The van der Waals surface area contributed by atoms with E-state index in [9.17, 15) is 0 Å². The Bertz CT molecular complexity index is 262. The Morgan fingerprint density at radius 3 is 2.42 bits per heavy atom.